The van der Waals surface area contributed by atoms with Gasteiger partial charge in [-0.2, -0.15) is 10.2 Å². The van der Waals surface area contributed by atoms with E-state index in [1.54, 1.807) is 14.1 Å². The molecule has 8 nitrogen and oxygen atoms in total. The van der Waals surface area contributed by atoms with Gasteiger partial charge in [0.25, 0.3) is 0 Å². The van der Waals surface area contributed by atoms with Crippen LogP contribution >= 0.6 is 0 Å². The van der Waals surface area contributed by atoms with E-state index >= 15 is 0 Å². The van der Waals surface area contributed by atoms with Crippen LogP contribution in [-0.2, 0) is 42.3 Å². The van der Waals surface area contributed by atoms with Gasteiger partial charge in [0.2, 0.25) is 5.89 Å². The minimum absolute atomic E-state index is 0. The van der Waals surface area contributed by atoms with Gasteiger partial charge < -0.3 is 29.7 Å². The molecule has 1 heterocycles. The van der Waals surface area contributed by atoms with Crippen molar-refractivity contribution in [2.45, 2.75) is 0 Å². The van der Waals surface area contributed by atoms with Gasteiger partial charge in [0, 0.05) is 19.7 Å². The molecule has 0 aliphatic rings. The molecule has 2 rings (SSSR count). The molecule has 1 radical (unpaired) electrons. The Morgan fingerprint density at radius 2 is 1.73 bits per heavy atom. The van der Waals surface area contributed by atoms with E-state index in [1.807, 2.05) is 30.3 Å². The Hall–Kier alpha value is -2.33. The first-order chi connectivity index (χ1) is 12.1. The van der Waals surface area contributed by atoms with E-state index in [1.165, 1.54) is 12.5 Å². The fourth-order valence-electron chi connectivity index (χ4n) is 1.61. The molecule has 2 aromatic rings. The fourth-order valence-corrected chi connectivity index (χ4v) is 1.71. The van der Waals surface area contributed by atoms with Crippen molar-refractivity contribution in [1.82, 2.24) is 15.8 Å². The third kappa shape index (κ3) is 6.52. The van der Waals surface area contributed by atoms with E-state index in [9.17, 15) is 0 Å². The van der Waals surface area contributed by atoms with E-state index in [0.717, 1.165) is 5.56 Å². The van der Waals surface area contributed by atoms with Crippen LogP contribution in [0.3, 0.4) is 0 Å². The summed E-state index contributed by atoms with van der Waals surface area (Å²) < 4.78 is 5.51. The Kier molecular flexibility index (Phi) is 9.45. The summed E-state index contributed by atoms with van der Waals surface area (Å²) in [5.41, 5.74) is 6.91. The van der Waals surface area contributed by atoms with Gasteiger partial charge in [-0.25, -0.2) is 4.98 Å². The van der Waals surface area contributed by atoms with E-state index in [-0.39, 0.29) is 27.4 Å². The molecule has 1 aromatic carbocycles. The third-order valence-corrected chi connectivity index (χ3v) is 3.36. The molecule has 0 unspecified atom stereocenters. The second kappa shape index (κ2) is 11.3. The second-order valence-corrected chi connectivity index (χ2v) is 5.21. The number of benzene rings is 1. The Bertz CT molecular complexity index is 818. The molecular weight excluding hydrogens is 422 g/mol. The number of oxazole rings is 1. The van der Waals surface area contributed by atoms with Crippen LogP contribution < -0.4 is 10.9 Å². The van der Waals surface area contributed by atoms with Crippen molar-refractivity contribution in [3.8, 4) is 11.5 Å². The van der Waals surface area contributed by atoms with Crippen molar-refractivity contribution in [2.75, 3.05) is 14.1 Å². The van der Waals surface area contributed by atoms with Gasteiger partial charge in [0.1, 0.15) is 17.7 Å². The standard InChI is InChI=1S/C15H17N7OS2.Cu/c1-16-14(24)21-18-8-11(20-22-15(25)17-2)12-9-23-13(19-12)10-6-4-3-5-7-10;/h3-9H,1-2H3,(H2,16,21,24)(H2,17,22,25);/q;+2/p-2/b18-8+,20-11-;. The van der Waals surface area contributed by atoms with E-state index in [0.29, 0.717) is 17.3 Å². The zero-order valence-electron chi connectivity index (χ0n) is 13.8. The van der Waals surface area contributed by atoms with Crippen LogP contribution in [0.4, 0.5) is 0 Å². The van der Waals surface area contributed by atoms with Crippen molar-refractivity contribution in [2.24, 2.45) is 20.2 Å². The van der Waals surface area contributed by atoms with E-state index < -0.39 is 0 Å². The summed E-state index contributed by atoms with van der Waals surface area (Å²) in [5.74, 6) is 0.464. The number of hydrogen-bond acceptors (Lipinski definition) is 8. The van der Waals surface area contributed by atoms with Gasteiger partial charge in [0.15, 0.2) is 0 Å². The van der Waals surface area contributed by atoms with Gasteiger partial charge in [0.05, 0.1) is 6.21 Å². The molecule has 11 heteroatoms. The smallest absolute Gasteiger partial charge is 0.741 e. The van der Waals surface area contributed by atoms with Crippen LogP contribution in [0.15, 0.2) is 61.2 Å². The zero-order chi connectivity index (χ0) is 18.1. The summed E-state index contributed by atoms with van der Waals surface area (Å²) in [6.45, 7) is 0. The molecule has 0 aliphatic heterocycles. The predicted molar refractivity (Wildman–Crippen MR) is 105 cm³/mol. The minimum atomic E-state index is 0. The number of nitrogens with one attached hydrogen (secondary N) is 2. The second-order valence-electron chi connectivity index (χ2n) is 4.44. The predicted octanol–water partition coefficient (Wildman–Crippen LogP) is 1.27. The monoisotopic (exact) mass is 436 g/mol. The Morgan fingerprint density at radius 1 is 1.08 bits per heavy atom. The molecule has 2 N–H and O–H groups in total. The van der Waals surface area contributed by atoms with Crippen molar-refractivity contribution in [3.05, 3.63) is 42.3 Å². The normalized spacial score (nSPS) is 12.8. The van der Waals surface area contributed by atoms with Gasteiger partial charge in [-0.15, -0.1) is 0 Å². The largest absolute Gasteiger partial charge is 2.00 e. The van der Waals surface area contributed by atoms with E-state index in [2.05, 4.69) is 36.0 Å². The quantitative estimate of drug-likeness (QED) is 0.241. The topological polar surface area (TPSA) is 99.5 Å². The van der Waals surface area contributed by atoms with Gasteiger partial charge in [-0.05, 0) is 22.5 Å². The van der Waals surface area contributed by atoms with Crippen molar-refractivity contribution < 1.29 is 21.5 Å². The number of hydrazone groups is 2. The summed E-state index contributed by atoms with van der Waals surface area (Å²) in [4.78, 5) is 12.0. The van der Waals surface area contributed by atoms with Gasteiger partial charge in [-0.1, -0.05) is 18.2 Å². The summed E-state index contributed by atoms with van der Waals surface area (Å²) >= 11 is 9.85. The van der Waals surface area contributed by atoms with Crippen LogP contribution in [0.5, 0.6) is 0 Å². The van der Waals surface area contributed by atoms with Gasteiger partial charge in [-0.3, -0.25) is 20.8 Å². The van der Waals surface area contributed by atoms with E-state index in [4.69, 9.17) is 29.7 Å². The molecule has 0 amide bonds. The fraction of sp³-hybridized carbons (Fsp3) is 0.133. The molecule has 0 saturated carbocycles. The van der Waals surface area contributed by atoms with Crippen LogP contribution in [0, 0.1) is 0 Å². The van der Waals surface area contributed by atoms with Crippen LogP contribution in [0.25, 0.3) is 11.5 Å². The molecular formula is C15H15CuN7OS2. The van der Waals surface area contributed by atoms with Crippen molar-refractivity contribution >= 4 is 47.5 Å². The molecule has 1 aromatic heterocycles. The number of aromatic nitrogens is 1. The number of amidine groups is 2. The molecule has 0 spiro atoms. The Balaban J connectivity index is 0.00000338. The number of nitrogens with zero attached hydrogens (tertiary/aromatic N) is 5. The first kappa shape index (κ1) is 21.7. The average Bonchev–Trinajstić information content (AvgIpc) is 3.14. The summed E-state index contributed by atoms with van der Waals surface area (Å²) in [6.07, 6.45) is 2.90. The van der Waals surface area contributed by atoms with Crippen LogP contribution in [0.2, 0.25) is 0 Å². The number of hydrogen-bond donors (Lipinski definition) is 2. The average molecular weight is 437 g/mol. The molecule has 0 atom stereocenters. The van der Waals surface area contributed by atoms with Crippen molar-refractivity contribution in [3.63, 3.8) is 0 Å². The Morgan fingerprint density at radius 3 is 2.38 bits per heavy atom. The van der Waals surface area contributed by atoms with Crippen molar-refractivity contribution in [1.29, 1.82) is 0 Å². The minimum Gasteiger partial charge on any atom is -0.741 e. The Labute approximate surface area is 172 Å². The zero-order valence-corrected chi connectivity index (χ0v) is 16.4. The summed E-state index contributed by atoms with van der Waals surface area (Å²) in [6, 6.07) is 9.51. The molecule has 0 bridgehead atoms. The maximum Gasteiger partial charge on any atom is 2.00 e. The molecule has 0 aliphatic carbocycles. The van der Waals surface area contributed by atoms with Gasteiger partial charge >= 0.3 is 17.1 Å². The van der Waals surface area contributed by atoms with Crippen LogP contribution in [-0.4, -0.2) is 41.3 Å². The summed E-state index contributed by atoms with van der Waals surface area (Å²) in [5, 5.41) is 8.58. The molecule has 139 valence electrons. The summed E-state index contributed by atoms with van der Waals surface area (Å²) in [7, 11) is 3.12. The number of aliphatic imine (C=N–C) groups is 2. The first-order valence-electron chi connectivity index (χ1n) is 7.05. The SMILES string of the molecule is CN=C([S-])N/N=C/C(=N/NC([S-])=NC)c1coc(-c2ccccc2)n1.[Cu+2]. The number of rotatable bonds is 5. The molecule has 26 heavy (non-hydrogen) atoms. The maximum absolute atomic E-state index is 5.51. The third-order valence-electron chi connectivity index (χ3n) is 2.81. The molecule has 0 saturated heterocycles. The first-order valence-corrected chi connectivity index (χ1v) is 7.87. The maximum atomic E-state index is 5.51. The van der Waals surface area contributed by atoms with Crippen LogP contribution in [0.1, 0.15) is 5.69 Å². The molecule has 0 fully saturated rings.